The summed E-state index contributed by atoms with van der Waals surface area (Å²) in [6, 6.07) is 0. The van der Waals surface area contributed by atoms with E-state index in [0.29, 0.717) is 5.41 Å². The molecule has 4 nitrogen and oxygen atoms in total. The van der Waals surface area contributed by atoms with Gasteiger partial charge in [0.1, 0.15) is 16.5 Å². The highest BCUT2D eigenvalue weighted by Gasteiger charge is 2.36. The molecule has 5 heteroatoms. The van der Waals surface area contributed by atoms with Crippen LogP contribution < -0.4 is 5.32 Å². The number of aryl methyl sites for hydroxylation is 2. The Hall–Kier alpha value is -1.20. The van der Waals surface area contributed by atoms with Gasteiger partial charge in [-0.3, -0.25) is 0 Å². The molecular weight excluding hydrogens is 282 g/mol. The van der Waals surface area contributed by atoms with Crippen molar-refractivity contribution in [3.8, 4) is 0 Å². The van der Waals surface area contributed by atoms with Gasteiger partial charge in [-0.1, -0.05) is 6.42 Å². The van der Waals surface area contributed by atoms with Crippen molar-refractivity contribution in [3.05, 3.63) is 16.8 Å². The van der Waals surface area contributed by atoms with Gasteiger partial charge >= 0.3 is 0 Å². The van der Waals surface area contributed by atoms with Gasteiger partial charge in [0.2, 0.25) is 0 Å². The van der Waals surface area contributed by atoms with Crippen molar-refractivity contribution in [2.24, 2.45) is 5.41 Å². The molecule has 2 heterocycles. The molecule has 0 aromatic carbocycles. The summed E-state index contributed by atoms with van der Waals surface area (Å²) in [5.41, 5.74) is 1.66. The Kier molecular flexibility index (Phi) is 4.13. The minimum atomic E-state index is 0.394. The van der Waals surface area contributed by atoms with Crippen molar-refractivity contribution < 1.29 is 4.74 Å². The fourth-order valence-corrected chi connectivity index (χ4v) is 4.07. The van der Waals surface area contributed by atoms with E-state index in [1.54, 1.807) is 18.4 Å². The maximum Gasteiger partial charge on any atom is 0.138 e. The van der Waals surface area contributed by atoms with Crippen molar-refractivity contribution in [3.63, 3.8) is 0 Å². The lowest BCUT2D eigenvalue weighted by molar-refractivity contribution is 0.0812. The molecule has 1 aliphatic rings. The molecule has 1 fully saturated rings. The van der Waals surface area contributed by atoms with Crippen LogP contribution in [-0.2, 0) is 4.74 Å². The third kappa shape index (κ3) is 2.90. The summed E-state index contributed by atoms with van der Waals surface area (Å²) < 4.78 is 5.27. The van der Waals surface area contributed by atoms with Crippen LogP contribution in [0.15, 0.2) is 5.38 Å². The van der Waals surface area contributed by atoms with E-state index in [2.05, 4.69) is 27.6 Å². The predicted octanol–water partition coefficient (Wildman–Crippen LogP) is 3.93. The molecule has 114 valence electrons. The van der Waals surface area contributed by atoms with Gasteiger partial charge in [-0.05, 0) is 49.5 Å². The smallest absolute Gasteiger partial charge is 0.138 e. The molecule has 1 saturated carbocycles. The largest absolute Gasteiger partial charge is 0.385 e. The summed E-state index contributed by atoms with van der Waals surface area (Å²) in [6.07, 6.45) is 5.05. The van der Waals surface area contributed by atoms with E-state index in [1.807, 2.05) is 6.92 Å². The minimum absolute atomic E-state index is 0.394. The highest BCUT2D eigenvalue weighted by Crippen LogP contribution is 2.44. The van der Waals surface area contributed by atoms with Crippen LogP contribution in [0.4, 0.5) is 5.82 Å². The first kappa shape index (κ1) is 14.7. The van der Waals surface area contributed by atoms with E-state index in [0.717, 1.165) is 36.0 Å². The maximum absolute atomic E-state index is 5.27. The van der Waals surface area contributed by atoms with Gasteiger partial charge in [0.05, 0.1) is 5.39 Å². The summed E-state index contributed by atoms with van der Waals surface area (Å²) in [6.45, 7) is 5.92. The summed E-state index contributed by atoms with van der Waals surface area (Å²) in [4.78, 5) is 10.2. The third-order valence-corrected chi connectivity index (χ3v) is 5.60. The molecule has 2 aromatic heterocycles. The van der Waals surface area contributed by atoms with Crippen molar-refractivity contribution >= 4 is 27.4 Å². The van der Waals surface area contributed by atoms with Gasteiger partial charge in [0.15, 0.2) is 0 Å². The molecule has 0 unspecified atom stereocenters. The van der Waals surface area contributed by atoms with Crippen LogP contribution >= 0.6 is 11.3 Å². The van der Waals surface area contributed by atoms with E-state index in [4.69, 9.17) is 4.74 Å². The summed E-state index contributed by atoms with van der Waals surface area (Å²) in [7, 11) is 1.78. The molecule has 1 N–H and O–H groups in total. The number of nitrogens with zero attached hydrogens (tertiary/aromatic N) is 2. The van der Waals surface area contributed by atoms with Crippen LogP contribution in [0.25, 0.3) is 10.2 Å². The number of fused-ring (bicyclic) bond motifs is 1. The lowest BCUT2D eigenvalue weighted by atomic mass is 9.67. The van der Waals surface area contributed by atoms with Crippen molar-refractivity contribution in [1.82, 2.24) is 9.97 Å². The Morgan fingerprint density at radius 2 is 2.14 bits per heavy atom. The molecule has 21 heavy (non-hydrogen) atoms. The Morgan fingerprint density at radius 1 is 1.33 bits per heavy atom. The second kappa shape index (κ2) is 5.89. The highest BCUT2D eigenvalue weighted by molar-refractivity contribution is 7.17. The zero-order valence-corrected chi connectivity index (χ0v) is 13.8. The second-order valence-electron chi connectivity index (χ2n) is 6.17. The number of thiophene rings is 1. The molecule has 0 spiro atoms. The zero-order valence-electron chi connectivity index (χ0n) is 13.0. The van der Waals surface area contributed by atoms with Gasteiger partial charge < -0.3 is 10.1 Å². The number of rotatable bonds is 6. The molecule has 0 atom stereocenters. The fourth-order valence-electron chi connectivity index (χ4n) is 3.10. The monoisotopic (exact) mass is 305 g/mol. The average molecular weight is 305 g/mol. The summed E-state index contributed by atoms with van der Waals surface area (Å²) >= 11 is 1.70. The first-order valence-electron chi connectivity index (χ1n) is 7.59. The quantitative estimate of drug-likeness (QED) is 0.878. The first-order valence-corrected chi connectivity index (χ1v) is 8.47. The van der Waals surface area contributed by atoms with Crippen LogP contribution in [0.3, 0.4) is 0 Å². The normalized spacial score (nSPS) is 16.9. The Balaban J connectivity index is 1.80. The van der Waals surface area contributed by atoms with Crippen molar-refractivity contribution in [2.75, 3.05) is 25.6 Å². The number of hydrogen-bond donors (Lipinski definition) is 1. The molecule has 0 bridgehead atoms. The summed E-state index contributed by atoms with van der Waals surface area (Å²) in [5.74, 6) is 1.84. The van der Waals surface area contributed by atoms with E-state index < -0.39 is 0 Å². The molecule has 2 aromatic rings. The van der Waals surface area contributed by atoms with Crippen LogP contribution in [0.5, 0.6) is 0 Å². The highest BCUT2D eigenvalue weighted by atomic mass is 32.1. The maximum atomic E-state index is 5.27. The molecule has 0 radical (unpaired) electrons. The third-order valence-electron chi connectivity index (χ3n) is 4.61. The van der Waals surface area contributed by atoms with Crippen molar-refractivity contribution in [2.45, 2.75) is 39.5 Å². The second-order valence-corrected chi connectivity index (χ2v) is 7.03. The Bertz CT molecular complexity index is 634. The van der Waals surface area contributed by atoms with E-state index in [1.165, 1.54) is 30.2 Å². The van der Waals surface area contributed by atoms with E-state index in [9.17, 15) is 0 Å². The van der Waals surface area contributed by atoms with Crippen LogP contribution in [0, 0.1) is 19.3 Å². The molecule has 3 rings (SSSR count). The SMILES string of the molecule is COCCC1(CNc2nc(C)nc3scc(C)c23)CCC1. The zero-order chi connectivity index (χ0) is 14.9. The Morgan fingerprint density at radius 3 is 2.81 bits per heavy atom. The number of hydrogen-bond acceptors (Lipinski definition) is 5. The number of methoxy groups -OCH3 is 1. The lowest BCUT2D eigenvalue weighted by Gasteiger charge is -2.42. The number of anilines is 1. The van der Waals surface area contributed by atoms with Crippen molar-refractivity contribution in [1.29, 1.82) is 0 Å². The van der Waals surface area contributed by atoms with Gasteiger partial charge in [-0.2, -0.15) is 0 Å². The topological polar surface area (TPSA) is 47.0 Å². The Labute approximate surface area is 129 Å². The first-order chi connectivity index (χ1) is 10.1. The van der Waals surface area contributed by atoms with Gasteiger partial charge in [-0.15, -0.1) is 11.3 Å². The minimum Gasteiger partial charge on any atom is -0.385 e. The van der Waals surface area contributed by atoms with Crippen LogP contribution in [0.1, 0.15) is 37.1 Å². The van der Waals surface area contributed by atoms with Gasteiger partial charge in [0.25, 0.3) is 0 Å². The average Bonchev–Trinajstić information content (AvgIpc) is 2.78. The van der Waals surface area contributed by atoms with E-state index >= 15 is 0 Å². The molecule has 0 amide bonds. The fraction of sp³-hybridized carbons (Fsp3) is 0.625. The molecule has 0 saturated heterocycles. The van der Waals surface area contributed by atoms with E-state index in [-0.39, 0.29) is 0 Å². The van der Waals surface area contributed by atoms with Gasteiger partial charge in [-0.25, -0.2) is 9.97 Å². The molecule has 1 aliphatic carbocycles. The lowest BCUT2D eigenvalue weighted by Crippen LogP contribution is -2.37. The molecule has 0 aliphatic heterocycles. The number of nitrogens with one attached hydrogen (secondary N) is 1. The standard InChI is InChI=1S/C16H23N3OS/c1-11-9-21-15-13(11)14(18-12(2)19-15)17-10-16(5-4-6-16)7-8-20-3/h9H,4-8,10H2,1-3H3,(H,17,18,19). The number of ether oxygens (including phenoxy) is 1. The van der Waals surface area contributed by atoms with Gasteiger partial charge in [0, 0.05) is 20.3 Å². The number of aromatic nitrogens is 2. The van der Waals surface area contributed by atoms with Crippen LogP contribution in [0.2, 0.25) is 0 Å². The summed E-state index contributed by atoms with van der Waals surface area (Å²) in [5, 5.41) is 6.95. The van der Waals surface area contributed by atoms with Crippen LogP contribution in [-0.4, -0.2) is 30.2 Å². The molecular formula is C16H23N3OS. The predicted molar refractivity (Wildman–Crippen MR) is 88.2 cm³/mol.